The lowest BCUT2D eigenvalue weighted by Crippen LogP contribution is -2.10. The Labute approximate surface area is 229 Å². The van der Waals surface area contributed by atoms with E-state index in [-0.39, 0.29) is 24.3 Å². The number of fused-ring (bicyclic) bond motifs is 1. The van der Waals surface area contributed by atoms with Crippen molar-refractivity contribution in [3.63, 3.8) is 0 Å². The number of furan rings is 1. The number of hydrogen-bond acceptors (Lipinski definition) is 7. The lowest BCUT2D eigenvalue weighted by molar-refractivity contribution is -0.132. The number of benzene rings is 3. The first-order valence-electron chi connectivity index (χ1n) is 12.6. The summed E-state index contributed by atoms with van der Waals surface area (Å²) in [4.78, 5) is 24.8. The molecule has 200 valence electrons. The molecule has 1 aliphatic rings. The Morgan fingerprint density at radius 2 is 1.70 bits per heavy atom. The fourth-order valence-corrected chi connectivity index (χ4v) is 4.57. The standard InChI is InChI=1S/C31H25N3O6/c1-18-6-7-19(2)24(15-18)34-31(40-20(3)35)28(29(33-34)22-10-13-25-27(16-22)39-17-38-25)21-8-11-23(12-9-21)32-30(36)26-5-4-14-37-26/h4-16H,17H2,1-3H3,(H,32,36). The molecule has 3 aromatic carbocycles. The highest BCUT2D eigenvalue weighted by atomic mass is 16.7. The zero-order chi connectivity index (χ0) is 27.8. The van der Waals surface area contributed by atoms with Gasteiger partial charge in [-0.2, -0.15) is 9.78 Å². The van der Waals surface area contributed by atoms with Gasteiger partial charge in [-0.3, -0.25) is 9.59 Å². The van der Waals surface area contributed by atoms with Crippen LogP contribution in [0.3, 0.4) is 0 Å². The van der Waals surface area contributed by atoms with E-state index in [4.69, 9.17) is 23.7 Å². The maximum atomic E-state index is 12.5. The van der Waals surface area contributed by atoms with Crippen LogP contribution in [0.25, 0.3) is 28.1 Å². The van der Waals surface area contributed by atoms with E-state index in [2.05, 4.69) is 5.32 Å². The molecule has 0 bridgehead atoms. The number of anilines is 1. The third-order valence-electron chi connectivity index (χ3n) is 6.50. The first kappa shape index (κ1) is 25.0. The summed E-state index contributed by atoms with van der Waals surface area (Å²) in [6, 6.07) is 22.1. The monoisotopic (exact) mass is 535 g/mol. The molecule has 3 heterocycles. The molecule has 0 saturated heterocycles. The minimum atomic E-state index is -0.479. The summed E-state index contributed by atoms with van der Waals surface area (Å²) in [5.74, 6) is 0.905. The van der Waals surface area contributed by atoms with Crippen LogP contribution in [-0.4, -0.2) is 28.4 Å². The number of nitrogens with one attached hydrogen (secondary N) is 1. The molecule has 0 unspecified atom stereocenters. The van der Waals surface area contributed by atoms with Gasteiger partial charge in [0.1, 0.15) is 5.69 Å². The molecule has 0 fully saturated rings. The fraction of sp³-hybridized carbons (Fsp3) is 0.129. The predicted molar refractivity (Wildman–Crippen MR) is 148 cm³/mol. The van der Waals surface area contributed by atoms with E-state index >= 15 is 0 Å². The van der Waals surface area contributed by atoms with Gasteiger partial charge in [0, 0.05) is 18.2 Å². The molecular formula is C31H25N3O6. The van der Waals surface area contributed by atoms with Crippen LogP contribution in [0.4, 0.5) is 5.69 Å². The molecule has 0 spiro atoms. The smallest absolute Gasteiger partial charge is 0.309 e. The molecule has 0 saturated carbocycles. The van der Waals surface area contributed by atoms with Crippen molar-refractivity contribution >= 4 is 17.6 Å². The van der Waals surface area contributed by atoms with Crippen molar-refractivity contribution in [2.45, 2.75) is 20.8 Å². The lowest BCUT2D eigenvalue weighted by Gasteiger charge is -2.12. The quantitative estimate of drug-likeness (QED) is 0.254. The molecule has 1 aliphatic heterocycles. The molecule has 1 N–H and O–H groups in total. The number of aromatic nitrogens is 2. The lowest BCUT2D eigenvalue weighted by atomic mass is 10.0. The molecule has 40 heavy (non-hydrogen) atoms. The number of hydrogen-bond donors (Lipinski definition) is 1. The van der Waals surface area contributed by atoms with Gasteiger partial charge in [-0.25, -0.2) is 0 Å². The molecule has 9 nitrogen and oxygen atoms in total. The third kappa shape index (κ3) is 4.69. The van der Waals surface area contributed by atoms with Crippen LogP contribution in [0.1, 0.15) is 28.6 Å². The van der Waals surface area contributed by atoms with Crippen molar-refractivity contribution in [1.82, 2.24) is 9.78 Å². The maximum Gasteiger partial charge on any atom is 0.309 e. The van der Waals surface area contributed by atoms with E-state index < -0.39 is 5.97 Å². The van der Waals surface area contributed by atoms with Gasteiger partial charge in [0.05, 0.1) is 17.5 Å². The summed E-state index contributed by atoms with van der Waals surface area (Å²) in [7, 11) is 0. The number of esters is 1. The molecule has 0 radical (unpaired) electrons. The van der Waals surface area contributed by atoms with Gasteiger partial charge >= 0.3 is 5.97 Å². The molecule has 9 heteroatoms. The van der Waals surface area contributed by atoms with Crippen molar-refractivity contribution in [3.05, 3.63) is 95.9 Å². The first-order chi connectivity index (χ1) is 19.4. The second kappa shape index (κ2) is 10.1. The van der Waals surface area contributed by atoms with Crippen molar-refractivity contribution in [1.29, 1.82) is 0 Å². The third-order valence-corrected chi connectivity index (χ3v) is 6.50. The number of rotatable bonds is 6. The minimum absolute atomic E-state index is 0.145. The van der Waals surface area contributed by atoms with Gasteiger partial charge < -0.3 is 23.9 Å². The van der Waals surface area contributed by atoms with Crippen molar-refractivity contribution in [2.24, 2.45) is 0 Å². The van der Waals surface area contributed by atoms with Gasteiger partial charge in [-0.05, 0) is 79.1 Å². The average Bonchev–Trinajstić information content (AvgIpc) is 3.70. The Morgan fingerprint density at radius 3 is 2.45 bits per heavy atom. The second-order valence-corrected chi connectivity index (χ2v) is 9.40. The summed E-state index contributed by atoms with van der Waals surface area (Å²) in [5.41, 5.74) is 6.04. The summed E-state index contributed by atoms with van der Waals surface area (Å²) in [5, 5.41) is 7.79. The van der Waals surface area contributed by atoms with Gasteiger partial charge in [0.25, 0.3) is 5.91 Å². The van der Waals surface area contributed by atoms with Gasteiger partial charge in [0.15, 0.2) is 17.3 Å². The van der Waals surface area contributed by atoms with E-state index in [0.717, 1.165) is 27.9 Å². The molecule has 0 aliphatic carbocycles. The number of ether oxygens (including phenoxy) is 3. The van der Waals surface area contributed by atoms with Crippen molar-refractivity contribution < 1.29 is 28.2 Å². The first-order valence-corrected chi connectivity index (χ1v) is 12.6. The zero-order valence-electron chi connectivity index (χ0n) is 22.1. The second-order valence-electron chi connectivity index (χ2n) is 9.40. The van der Waals surface area contributed by atoms with Crippen LogP contribution in [0.5, 0.6) is 17.4 Å². The van der Waals surface area contributed by atoms with Gasteiger partial charge in [0.2, 0.25) is 12.7 Å². The molecular weight excluding hydrogens is 510 g/mol. The van der Waals surface area contributed by atoms with Crippen LogP contribution < -0.4 is 19.5 Å². The Hall–Kier alpha value is -5.31. The van der Waals surface area contributed by atoms with Crippen molar-refractivity contribution in [2.75, 3.05) is 12.1 Å². The minimum Gasteiger partial charge on any atom is -0.459 e. The van der Waals surface area contributed by atoms with Crippen LogP contribution in [-0.2, 0) is 4.79 Å². The van der Waals surface area contributed by atoms with Gasteiger partial charge in [-0.1, -0.05) is 24.3 Å². The summed E-state index contributed by atoms with van der Waals surface area (Å²) in [6.45, 7) is 5.47. The highest BCUT2D eigenvalue weighted by molar-refractivity contribution is 6.02. The zero-order valence-corrected chi connectivity index (χ0v) is 22.1. The van der Waals surface area contributed by atoms with Crippen LogP contribution >= 0.6 is 0 Å². The highest BCUT2D eigenvalue weighted by Crippen LogP contribution is 2.44. The van der Waals surface area contributed by atoms with Crippen molar-refractivity contribution in [3.8, 4) is 45.5 Å². The van der Waals surface area contributed by atoms with E-state index in [1.54, 1.807) is 28.9 Å². The summed E-state index contributed by atoms with van der Waals surface area (Å²) < 4.78 is 23.8. The normalized spacial score (nSPS) is 11.9. The molecule has 5 aromatic rings. The van der Waals surface area contributed by atoms with Gasteiger partial charge in [-0.15, -0.1) is 0 Å². The highest BCUT2D eigenvalue weighted by Gasteiger charge is 2.27. The number of carbonyl (C=O) groups is 2. The maximum absolute atomic E-state index is 12.5. The number of amides is 1. The van der Waals surface area contributed by atoms with Crippen LogP contribution in [0.2, 0.25) is 0 Å². The van der Waals surface area contributed by atoms with E-state index in [1.165, 1.54) is 13.2 Å². The van der Waals surface area contributed by atoms with E-state index in [1.807, 2.05) is 62.4 Å². The molecule has 1 amide bonds. The fourth-order valence-electron chi connectivity index (χ4n) is 4.57. The largest absolute Gasteiger partial charge is 0.459 e. The number of nitrogens with zero attached hydrogens (tertiary/aromatic N) is 2. The van der Waals surface area contributed by atoms with Crippen LogP contribution in [0.15, 0.2) is 83.5 Å². The number of carbonyl (C=O) groups excluding carboxylic acids is 2. The predicted octanol–water partition coefficient (Wildman–Crippen LogP) is 6.32. The summed E-state index contributed by atoms with van der Waals surface area (Å²) >= 11 is 0. The Kier molecular flexibility index (Phi) is 6.31. The topological polar surface area (TPSA) is 105 Å². The SMILES string of the molecule is CC(=O)Oc1c(-c2ccc(NC(=O)c3ccco3)cc2)c(-c2ccc3c(c2)OCO3)nn1-c1cc(C)ccc1C. The molecule has 2 aromatic heterocycles. The average molecular weight is 536 g/mol. The molecule has 0 atom stereocenters. The number of aryl methyl sites for hydroxylation is 2. The van der Waals surface area contributed by atoms with Crippen LogP contribution in [0, 0.1) is 13.8 Å². The Bertz CT molecular complexity index is 1740. The van der Waals surface area contributed by atoms with E-state index in [0.29, 0.717) is 28.4 Å². The summed E-state index contributed by atoms with van der Waals surface area (Å²) in [6.07, 6.45) is 1.44. The Morgan fingerprint density at radius 1 is 0.925 bits per heavy atom. The molecule has 6 rings (SSSR count). The van der Waals surface area contributed by atoms with E-state index in [9.17, 15) is 9.59 Å². The Balaban J connectivity index is 1.51.